The maximum absolute atomic E-state index is 12.2. The molecule has 1 heterocycles. The van der Waals surface area contributed by atoms with Crippen LogP contribution in [0.4, 0.5) is 0 Å². The van der Waals surface area contributed by atoms with E-state index in [-0.39, 0.29) is 23.9 Å². The first-order valence-corrected chi connectivity index (χ1v) is 9.70. The molecule has 5 heteroatoms. The number of ether oxygens (including phenoxy) is 2. The van der Waals surface area contributed by atoms with Gasteiger partial charge in [0.25, 0.3) is 0 Å². The van der Waals surface area contributed by atoms with Crippen LogP contribution >= 0.6 is 0 Å². The summed E-state index contributed by atoms with van der Waals surface area (Å²) in [6, 6.07) is 11.5. The Kier molecular flexibility index (Phi) is 6.02. The summed E-state index contributed by atoms with van der Waals surface area (Å²) in [7, 11) is 1.38. The van der Waals surface area contributed by atoms with E-state index in [9.17, 15) is 9.59 Å². The molecule has 2 atom stereocenters. The number of aryl methyl sites for hydroxylation is 1. The molecule has 28 heavy (non-hydrogen) atoms. The van der Waals surface area contributed by atoms with Gasteiger partial charge in [0.1, 0.15) is 11.9 Å². The molecule has 2 unspecified atom stereocenters. The molecule has 0 bridgehead atoms. The summed E-state index contributed by atoms with van der Waals surface area (Å²) in [6.45, 7) is 6.42. The van der Waals surface area contributed by atoms with Crippen LogP contribution in [0, 0.1) is 12.8 Å². The molecule has 1 amide bonds. The van der Waals surface area contributed by atoms with Gasteiger partial charge in [-0.1, -0.05) is 38.1 Å². The van der Waals surface area contributed by atoms with E-state index in [4.69, 9.17) is 9.47 Å². The van der Waals surface area contributed by atoms with Gasteiger partial charge < -0.3 is 14.8 Å². The molecule has 1 aliphatic rings. The summed E-state index contributed by atoms with van der Waals surface area (Å²) in [5.74, 6) is 0.453. The van der Waals surface area contributed by atoms with Crippen LogP contribution in [0.1, 0.15) is 41.8 Å². The number of rotatable bonds is 6. The average molecular weight is 381 g/mol. The van der Waals surface area contributed by atoms with Gasteiger partial charge in [-0.05, 0) is 42.2 Å². The summed E-state index contributed by atoms with van der Waals surface area (Å²) in [5.41, 5.74) is 4.37. The highest BCUT2D eigenvalue weighted by atomic mass is 16.5. The number of carbonyl (C=O) groups is 2. The minimum Gasteiger partial charge on any atom is -0.487 e. The number of methoxy groups -OCH3 is 1. The highest BCUT2D eigenvalue weighted by molar-refractivity contribution is 5.98. The van der Waals surface area contributed by atoms with E-state index in [0.717, 1.165) is 40.8 Å². The van der Waals surface area contributed by atoms with Crippen LogP contribution in [-0.4, -0.2) is 31.6 Å². The molecule has 0 fully saturated rings. The predicted octanol–water partition coefficient (Wildman–Crippen LogP) is 3.91. The normalized spacial score (nSPS) is 16.1. The maximum atomic E-state index is 12.2. The van der Waals surface area contributed by atoms with Crippen molar-refractivity contribution in [3.8, 4) is 16.9 Å². The molecule has 5 nitrogen and oxygen atoms in total. The molecule has 0 aromatic heterocycles. The van der Waals surface area contributed by atoms with E-state index in [1.54, 1.807) is 6.07 Å². The lowest BCUT2D eigenvalue weighted by molar-refractivity contribution is -0.124. The number of carbonyl (C=O) groups excluding carboxylic acids is 2. The zero-order chi connectivity index (χ0) is 20.3. The van der Waals surface area contributed by atoms with E-state index in [1.165, 1.54) is 7.11 Å². The average Bonchev–Trinajstić information content (AvgIpc) is 3.12. The van der Waals surface area contributed by atoms with Crippen molar-refractivity contribution in [2.24, 2.45) is 5.92 Å². The highest BCUT2D eigenvalue weighted by Gasteiger charge is 2.28. The van der Waals surface area contributed by atoms with Gasteiger partial charge in [0.15, 0.2) is 0 Å². The van der Waals surface area contributed by atoms with E-state index >= 15 is 0 Å². The lowest BCUT2D eigenvalue weighted by Gasteiger charge is -2.16. The number of hydrogen-bond donors (Lipinski definition) is 1. The molecule has 1 N–H and O–H groups in total. The smallest absolute Gasteiger partial charge is 0.338 e. The van der Waals surface area contributed by atoms with Gasteiger partial charge in [0, 0.05) is 17.9 Å². The predicted molar refractivity (Wildman–Crippen MR) is 109 cm³/mol. The van der Waals surface area contributed by atoms with Crippen molar-refractivity contribution in [3.63, 3.8) is 0 Å². The zero-order valence-electron chi connectivity index (χ0n) is 16.9. The van der Waals surface area contributed by atoms with Crippen molar-refractivity contribution in [2.45, 2.75) is 39.7 Å². The van der Waals surface area contributed by atoms with Gasteiger partial charge in [-0.25, -0.2) is 4.79 Å². The van der Waals surface area contributed by atoms with Crippen molar-refractivity contribution < 1.29 is 19.1 Å². The number of benzene rings is 2. The Balaban J connectivity index is 1.88. The number of nitrogens with one attached hydrogen (secondary N) is 1. The van der Waals surface area contributed by atoms with Crippen molar-refractivity contribution in [1.29, 1.82) is 0 Å². The molecule has 0 spiro atoms. The molecule has 2 aromatic carbocycles. The molecule has 0 aliphatic carbocycles. The van der Waals surface area contributed by atoms with E-state index in [1.807, 2.05) is 45.0 Å². The first-order valence-electron chi connectivity index (χ1n) is 9.70. The van der Waals surface area contributed by atoms with Gasteiger partial charge in [-0.15, -0.1) is 0 Å². The summed E-state index contributed by atoms with van der Waals surface area (Å²) >= 11 is 0. The van der Waals surface area contributed by atoms with Crippen molar-refractivity contribution >= 4 is 11.9 Å². The first-order chi connectivity index (χ1) is 13.4. The molecule has 0 saturated heterocycles. The van der Waals surface area contributed by atoms with Crippen molar-refractivity contribution in [1.82, 2.24) is 5.32 Å². The minimum atomic E-state index is -0.374. The second-order valence-corrected chi connectivity index (χ2v) is 7.34. The fraction of sp³-hybridized carbons (Fsp3) is 0.391. The van der Waals surface area contributed by atoms with Crippen molar-refractivity contribution in [3.05, 3.63) is 53.1 Å². The Morgan fingerprint density at radius 3 is 2.71 bits per heavy atom. The maximum Gasteiger partial charge on any atom is 0.338 e. The SMILES string of the molecule is CCC(C)C(=O)NCC1Cc2cc(C)cc(-c3ccccc3C(=O)OC)c2O1. The quantitative estimate of drug-likeness (QED) is 0.771. The number of fused-ring (bicyclic) bond motifs is 1. The second-order valence-electron chi connectivity index (χ2n) is 7.34. The monoisotopic (exact) mass is 381 g/mol. The van der Waals surface area contributed by atoms with Crippen molar-refractivity contribution in [2.75, 3.05) is 13.7 Å². The van der Waals surface area contributed by atoms with Gasteiger partial charge in [0.05, 0.1) is 19.2 Å². The lowest BCUT2D eigenvalue weighted by Crippen LogP contribution is -2.37. The molecular formula is C23H27NO4. The van der Waals surface area contributed by atoms with Gasteiger partial charge >= 0.3 is 5.97 Å². The van der Waals surface area contributed by atoms with E-state index in [2.05, 4.69) is 11.4 Å². The lowest BCUT2D eigenvalue weighted by atomic mass is 9.94. The summed E-state index contributed by atoms with van der Waals surface area (Å²) in [6.07, 6.45) is 1.42. The molecule has 3 rings (SSSR count). The third-order valence-corrected chi connectivity index (χ3v) is 5.23. The first kappa shape index (κ1) is 19.9. The standard InChI is InChI=1S/C23H27NO4/c1-5-15(3)22(25)24-13-17-12-16-10-14(2)11-20(21(16)28-17)18-8-6-7-9-19(18)23(26)27-4/h6-11,15,17H,5,12-13H2,1-4H3,(H,24,25). The summed E-state index contributed by atoms with van der Waals surface area (Å²) in [4.78, 5) is 24.3. The van der Waals surface area contributed by atoms with Crippen LogP contribution in [0.2, 0.25) is 0 Å². The van der Waals surface area contributed by atoms with E-state index < -0.39 is 0 Å². The number of hydrogen-bond acceptors (Lipinski definition) is 4. The van der Waals surface area contributed by atoms with Gasteiger partial charge in [0.2, 0.25) is 5.91 Å². The molecule has 148 valence electrons. The Bertz CT molecular complexity index is 890. The number of amides is 1. The third kappa shape index (κ3) is 4.03. The zero-order valence-corrected chi connectivity index (χ0v) is 16.9. The molecule has 0 radical (unpaired) electrons. The Labute approximate surface area is 166 Å². The van der Waals surface area contributed by atoms with Crippen LogP contribution < -0.4 is 10.1 Å². The van der Waals surface area contributed by atoms with Crippen LogP contribution in [0.5, 0.6) is 5.75 Å². The Morgan fingerprint density at radius 1 is 1.25 bits per heavy atom. The van der Waals surface area contributed by atoms with E-state index in [0.29, 0.717) is 12.1 Å². The Morgan fingerprint density at radius 2 is 2.00 bits per heavy atom. The molecular weight excluding hydrogens is 354 g/mol. The number of esters is 1. The molecule has 2 aromatic rings. The largest absolute Gasteiger partial charge is 0.487 e. The minimum absolute atomic E-state index is 0.00600. The van der Waals surface area contributed by atoms with Crippen LogP contribution in [0.3, 0.4) is 0 Å². The fourth-order valence-corrected chi connectivity index (χ4v) is 3.49. The van der Waals surface area contributed by atoms with Gasteiger partial charge in [-0.3, -0.25) is 4.79 Å². The van der Waals surface area contributed by atoms with Crippen LogP contribution in [0.25, 0.3) is 11.1 Å². The summed E-state index contributed by atoms with van der Waals surface area (Å²) < 4.78 is 11.2. The molecule has 1 aliphatic heterocycles. The topological polar surface area (TPSA) is 64.6 Å². The van der Waals surface area contributed by atoms with Crippen LogP contribution in [-0.2, 0) is 16.0 Å². The molecule has 0 saturated carbocycles. The van der Waals surface area contributed by atoms with Crippen LogP contribution in [0.15, 0.2) is 36.4 Å². The van der Waals surface area contributed by atoms with Gasteiger partial charge in [-0.2, -0.15) is 0 Å². The summed E-state index contributed by atoms with van der Waals surface area (Å²) in [5, 5.41) is 2.98. The third-order valence-electron chi connectivity index (χ3n) is 5.23. The second kappa shape index (κ2) is 8.46. The Hall–Kier alpha value is -2.82. The fourth-order valence-electron chi connectivity index (χ4n) is 3.49. The highest BCUT2D eigenvalue weighted by Crippen LogP contribution is 2.41.